The monoisotopic (exact) mass is 378 g/mol. The third-order valence-corrected chi connectivity index (χ3v) is 6.20. The van der Waals surface area contributed by atoms with E-state index in [2.05, 4.69) is 23.0 Å². The van der Waals surface area contributed by atoms with Gasteiger partial charge in [-0.15, -0.1) is 0 Å². The minimum atomic E-state index is -0.503. The highest BCUT2D eigenvalue weighted by atomic mass is 16.5. The third kappa shape index (κ3) is 3.10. The highest BCUT2D eigenvalue weighted by molar-refractivity contribution is 5.83. The second-order valence-corrected chi connectivity index (χ2v) is 8.08. The highest BCUT2D eigenvalue weighted by Crippen LogP contribution is 2.36. The van der Waals surface area contributed by atoms with Crippen molar-refractivity contribution in [1.82, 2.24) is 19.8 Å². The molecule has 146 valence electrons. The van der Waals surface area contributed by atoms with Crippen molar-refractivity contribution in [2.75, 3.05) is 26.7 Å². The van der Waals surface area contributed by atoms with Gasteiger partial charge in [0.2, 0.25) is 0 Å². The highest BCUT2D eigenvalue weighted by Gasteiger charge is 2.38. The lowest BCUT2D eigenvalue weighted by molar-refractivity contribution is -0.146. The molecule has 0 N–H and O–H groups in total. The van der Waals surface area contributed by atoms with Crippen LogP contribution in [0.5, 0.6) is 0 Å². The number of aromatic nitrogens is 2. The van der Waals surface area contributed by atoms with Crippen LogP contribution in [-0.4, -0.2) is 52.4 Å². The number of fused-ring (bicyclic) bond motifs is 2. The average Bonchev–Trinajstić information content (AvgIpc) is 3.22. The summed E-state index contributed by atoms with van der Waals surface area (Å²) in [5, 5.41) is 0. The normalized spacial score (nSPS) is 24.7. The summed E-state index contributed by atoms with van der Waals surface area (Å²) in [5.41, 5.74) is 4.58. The van der Waals surface area contributed by atoms with Gasteiger partial charge < -0.3 is 14.5 Å². The molecule has 0 radical (unpaired) electrons. The fourth-order valence-electron chi connectivity index (χ4n) is 4.68. The van der Waals surface area contributed by atoms with Gasteiger partial charge in [-0.05, 0) is 37.4 Å². The Labute approximate surface area is 165 Å². The topological polar surface area (TPSA) is 58.6 Å². The molecule has 6 nitrogen and oxygen atoms in total. The summed E-state index contributed by atoms with van der Waals surface area (Å²) in [6.45, 7) is 3.25. The number of carbonyl (C=O) groups is 1. The lowest BCUT2D eigenvalue weighted by Gasteiger charge is -2.32. The molecule has 2 unspecified atom stereocenters. The molecule has 3 aliphatic heterocycles. The zero-order valence-electron chi connectivity index (χ0n) is 16.3. The molecule has 0 spiro atoms. The first-order chi connectivity index (χ1) is 13.7. The molecule has 1 saturated heterocycles. The van der Waals surface area contributed by atoms with Crippen LogP contribution in [0.3, 0.4) is 0 Å². The van der Waals surface area contributed by atoms with Crippen LogP contribution in [0.25, 0.3) is 0 Å². The van der Waals surface area contributed by atoms with Gasteiger partial charge in [0.05, 0.1) is 12.6 Å². The lowest BCUT2D eigenvalue weighted by atomic mass is 9.96. The summed E-state index contributed by atoms with van der Waals surface area (Å²) in [4.78, 5) is 27.2. The Morgan fingerprint density at radius 3 is 3.00 bits per heavy atom. The molecule has 2 atom stereocenters. The largest absolute Gasteiger partial charge is 0.363 e. The molecular weight excluding hydrogens is 352 g/mol. The summed E-state index contributed by atoms with van der Waals surface area (Å²) in [6, 6.07) is 8.09. The molecule has 0 bridgehead atoms. The molecule has 0 saturated carbocycles. The predicted octanol–water partition coefficient (Wildman–Crippen LogP) is 2.44. The molecule has 5 rings (SSSR count). The van der Waals surface area contributed by atoms with Crippen LogP contribution in [0.2, 0.25) is 0 Å². The van der Waals surface area contributed by atoms with E-state index in [0.717, 1.165) is 62.4 Å². The van der Waals surface area contributed by atoms with Crippen molar-refractivity contribution in [3.8, 4) is 0 Å². The van der Waals surface area contributed by atoms with E-state index < -0.39 is 6.10 Å². The first-order valence-electron chi connectivity index (χ1n) is 10.2. The maximum Gasteiger partial charge on any atom is 0.256 e. The van der Waals surface area contributed by atoms with Crippen LogP contribution in [0.15, 0.2) is 30.5 Å². The van der Waals surface area contributed by atoms with Gasteiger partial charge in [0.25, 0.3) is 5.91 Å². The van der Waals surface area contributed by atoms with Gasteiger partial charge in [-0.1, -0.05) is 24.3 Å². The molecule has 1 aromatic heterocycles. The maximum atomic E-state index is 13.4. The lowest BCUT2D eigenvalue weighted by Crippen LogP contribution is -2.38. The first-order valence-corrected chi connectivity index (χ1v) is 10.2. The second-order valence-electron chi connectivity index (χ2n) is 8.08. The number of rotatable bonds is 2. The quantitative estimate of drug-likeness (QED) is 0.803. The molecule has 0 aliphatic carbocycles. The van der Waals surface area contributed by atoms with Crippen molar-refractivity contribution in [1.29, 1.82) is 0 Å². The molecule has 6 heteroatoms. The van der Waals surface area contributed by atoms with E-state index in [-0.39, 0.29) is 11.9 Å². The van der Waals surface area contributed by atoms with Crippen LogP contribution in [-0.2, 0) is 28.9 Å². The SMILES string of the molecule is CN1CCc2nc(C3CCCN3C(=O)C3OCCc4ccccc43)ncc2C1. The van der Waals surface area contributed by atoms with Gasteiger partial charge in [-0.3, -0.25) is 4.79 Å². The maximum absolute atomic E-state index is 13.4. The average molecular weight is 378 g/mol. The summed E-state index contributed by atoms with van der Waals surface area (Å²) >= 11 is 0. The molecule has 28 heavy (non-hydrogen) atoms. The zero-order valence-corrected chi connectivity index (χ0v) is 16.3. The molecule has 1 fully saturated rings. The number of hydrogen-bond donors (Lipinski definition) is 0. The van der Waals surface area contributed by atoms with E-state index in [1.807, 2.05) is 29.3 Å². The molecule has 1 aromatic carbocycles. The van der Waals surface area contributed by atoms with Gasteiger partial charge in [0, 0.05) is 43.5 Å². The van der Waals surface area contributed by atoms with Gasteiger partial charge in [-0.25, -0.2) is 9.97 Å². The van der Waals surface area contributed by atoms with Crippen LogP contribution < -0.4 is 0 Å². The summed E-state index contributed by atoms with van der Waals surface area (Å²) < 4.78 is 5.93. The summed E-state index contributed by atoms with van der Waals surface area (Å²) in [7, 11) is 2.12. The van der Waals surface area contributed by atoms with E-state index in [9.17, 15) is 4.79 Å². The van der Waals surface area contributed by atoms with E-state index in [1.54, 1.807) is 0 Å². The number of carbonyl (C=O) groups excluding carboxylic acids is 1. The van der Waals surface area contributed by atoms with E-state index in [0.29, 0.717) is 6.61 Å². The Hall–Kier alpha value is -2.31. The number of ether oxygens (including phenoxy) is 1. The number of nitrogens with zero attached hydrogens (tertiary/aromatic N) is 4. The van der Waals surface area contributed by atoms with E-state index in [1.165, 1.54) is 11.1 Å². The van der Waals surface area contributed by atoms with Crippen LogP contribution in [0.4, 0.5) is 0 Å². The summed E-state index contributed by atoms with van der Waals surface area (Å²) in [6.07, 6.45) is 5.16. The molecule has 4 heterocycles. The van der Waals surface area contributed by atoms with Crippen molar-refractivity contribution >= 4 is 5.91 Å². The standard InChI is InChI=1S/C22H26N4O2/c1-25-11-8-18-16(14-25)13-23-21(24-18)19-7-4-10-26(19)22(27)20-17-6-3-2-5-15(17)9-12-28-20/h2-3,5-6,13,19-20H,4,7-12,14H2,1H3. The summed E-state index contributed by atoms with van der Waals surface area (Å²) in [5.74, 6) is 0.842. The minimum absolute atomic E-state index is 0.0462. The third-order valence-electron chi connectivity index (χ3n) is 6.20. The fourth-order valence-corrected chi connectivity index (χ4v) is 4.68. The van der Waals surface area contributed by atoms with Crippen molar-refractivity contribution in [2.24, 2.45) is 0 Å². The van der Waals surface area contributed by atoms with Crippen molar-refractivity contribution in [2.45, 2.75) is 44.4 Å². The number of likely N-dealkylation sites (tertiary alicyclic amines) is 1. The predicted molar refractivity (Wildman–Crippen MR) is 105 cm³/mol. The molecule has 1 amide bonds. The smallest absolute Gasteiger partial charge is 0.256 e. The van der Waals surface area contributed by atoms with Gasteiger partial charge >= 0.3 is 0 Å². The zero-order chi connectivity index (χ0) is 19.1. The number of benzene rings is 1. The fraction of sp³-hybridized carbons (Fsp3) is 0.500. The van der Waals surface area contributed by atoms with Crippen molar-refractivity contribution in [3.05, 3.63) is 58.7 Å². The van der Waals surface area contributed by atoms with E-state index in [4.69, 9.17) is 9.72 Å². The Morgan fingerprint density at radius 1 is 1.18 bits per heavy atom. The van der Waals surface area contributed by atoms with E-state index >= 15 is 0 Å². The molecule has 2 aromatic rings. The Bertz CT molecular complexity index is 900. The van der Waals surface area contributed by atoms with Crippen LogP contribution in [0, 0.1) is 0 Å². The number of amides is 1. The van der Waals surface area contributed by atoms with Crippen LogP contribution in [0.1, 0.15) is 53.2 Å². The van der Waals surface area contributed by atoms with Gasteiger partial charge in [-0.2, -0.15) is 0 Å². The molecular formula is C22H26N4O2. The Kier molecular flexibility index (Phi) is 4.61. The van der Waals surface area contributed by atoms with Crippen molar-refractivity contribution < 1.29 is 9.53 Å². The minimum Gasteiger partial charge on any atom is -0.363 e. The van der Waals surface area contributed by atoms with Gasteiger partial charge in [0.1, 0.15) is 0 Å². The number of likely N-dealkylation sites (N-methyl/N-ethyl adjacent to an activating group) is 1. The number of hydrogen-bond acceptors (Lipinski definition) is 5. The second kappa shape index (κ2) is 7.26. The molecule has 3 aliphatic rings. The Morgan fingerprint density at radius 2 is 2.07 bits per heavy atom. The van der Waals surface area contributed by atoms with Crippen molar-refractivity contribution in [3.63, 3.8) is 0 Å². The Balaban J connectivity index is 1.41. The van der Waals surface area contributed by atoms with Gasteiger partial charge in [0.15, 0.2) is 11.9 Å². The first kappa shape index (κ1) is 17.8. The van der Waals surface area contributed by atoms with Crippen LogP contribution >= 0.6 is 0 Å².